The van der Waals surface area contributed by atoms with Gasteiger partial charge < -0.3 is 10.1 Å². The van der Waals surface area contributed by atoms with E-state index in [0.29, 0.717) is 22.5 Å². The van der Waals surface area contributed by atoms with E-state index in [2.05, 4.69) is 5.32 Å². The van der Waals surface area contributed by atoms with Crippen molar-refractivity contribution < 1.29 is 9.53 Å². The summed E-state index contributed by atoms with van der Waals surface area (Å²) in [6, 6.07) is 18.4. The van der Waals surface area contributed by atoms with E-state index in [1.165, 1.54) is 20.5 Å². The second kappa shape index (κ2) is 9.01. The van der Waals surface area contributed by atoms with Gasteiger partial charge in [0, 0.05) is 6.54 Å². The molecule has 2 heterocycles. The molecule has 4 rings (SSSR count). The number of amides is 1. The van der Waals surface area contributed by atoms with E-state index in [1.807, 2.05) is 30.3 Å². The molecule has 0 aliphatic rings. The molecule has 0 atom stereocenters. The van der Waals surface area contributed by atoms with Crippen LogP contribution in [0.5, 0.6) is 5.75 Å². The molecule has 1 amide bonds. The van der Waals surface area contributed by atoms with Crippen LogP contribution in [-0.4, -0.2) is 22.2 Å². The van der Waals surface area contributed by atoms with E-state index in [1.54, 1.807) is 42.8 Å². The van der Waals surface area contributed by atoms with Crippen LogP contribution < -0.4 is 21.3 Å². The molecule has 0 aliphatic heterocycles. The van der Waals surface area contributed by atoms with Crippen LogP contribution in [0.2, 0.25) is 0 Å². The van der Waals surface area contributed by atoms with Gasteiger partial charge in [0.15, 0.2) is 0 Å². The Morgan fingerprint density at radius 2 is 1.71 bits per heavy atom. The molecule has 4 aromatic rings. The summed E-state index contributed by atoms with van der Waals surface area (Å²) < 4.78 is 8.13. The Bertz CT molecular complexity index is 1320. The first-order chi connectivity index (χ1) is 15.1. The van der Waals surface area contributed by atoms with E-state index < -0.39 is 5.69 Å². The topological polar surface area (TPSA) is 82.3 Å². The van der Waals surface area contributed by atoms with Crippen molar-refractivity contribution in [3.63, 3.8) is 0 Å². The SMILES string of the molecule is COc1ccc(Cn2c(=O)c3sccc3n(CC(=O)NCc3ccccc3)c2=O)cc1. The standard InChI is InChI=1S/C23H21N3O4S/c1-30-18-9-7-17(8-10-18)14-26-22(28)21-19(11-12-31-21)25(23(26)29)15-20(27)24-13-16-5-3-2-4-6-16/h2-12H,13-15H2,1H3,(H,24,27). The van der Waals surface area contributed by atoms with Gasteiger partial charge in [0.25, 0.3) is 5.56 Å². The number of aromatic nitrogens is 2. The number of thiophene rings is 1. The normalized spacial score (nSPS) is 10.9. The number of rotatable bonds is 7. The molecule has 0 radical (unpaired) electrons. The number of methoxy groups -OCH3 is 1. The molecule has 2 aromatic carbocycles. The molecule has 7 nitrogen and oxygen atoms in total. The zero-order chi connectivity index (χ0) is 21.8. The van der Waals surface area contributed by atoms with Crippen LogP contribution in [0.3, 0.4) is 0 Å². The Hall–Kier alpha value is -3.65. The first-order valence-electron chi connectivity index (χ1n) is 9.71. The van der Waals surface area contributed by atoms with Gasteiger partial charge in [-0.25, -0.2) is 4.79 Å². The van der Waals surface area contributed by atoms with Gasteiger partial charge in [-0.2, -0.15) is 0 Å². The number of carbonyl (C=O) groups is 1. The maximum absolute atomic E-state index is 13.2. The Morgan fingerprint density at radius 1 is 0.968 bits per heavy atom. The fourth-order valence-electron chi connectivity index (χ4n) is 3.34. The first kappa shape index (κ1) is 20.6. The number of benzene rings is 2. The van der Waals surface area contributed by atoms with Gasteiger partial charge in [-0.15, -0.1) is 11.3 Å². The molecule has 0 fully saturated rings. The molecule has 0 aliphatic carbocycles. The summed E-state index contributed by atoms with van der Waals surface area (Å²) in [5.41, 5.74) is 1.36. The van der Waals surface area contributed by atoms with Crippen LogP contribution in [0.25, 0.3) is 10.2 Å². The molecule has 31 heavy (non-hydrogen) atoms. The number of ether oxygens (including phenoxy) is 1. The summed E-state index contributed by atoms with van der Waals surface area (Å²) >= 11 is 1.26. The van der Waals surface area contributed by atoms with Crippen LogP contribution in [-0.2, 0) is 24.4 Å². The second-order valence-corrected chi connectivity index (χ2v) is 7.92. The van der Waals surface area contributed by atoms with E-state index in [0.717, 1.165) is 11.1 Å². The van der Waals surface area contributed by atoms with E-state index in [9.17, 15) is 14.4 Å². The molecular formula is C23H21N3O4S. The third-order valence-electron chi connectivity index (χ3n) is 4.97. The zero-order valence-electron chi connectivity index (χ0n) is 16.9. The Balaban J connectivity index is 1.63. The van der Waals surface area contributed by atoms with Crippen molar-refractivity contribution in [2.75, 3.05) is 7.11 Å². The average Bonchev–Trinajstić information content (AvgIpc) is 3.29. The van der Waals surface area contributed by atoms with Crippen molar-refractivity contribution in [1.82, 2.24) is 14.5 Å². The lowest BCUT2D eigenvalue weighted by molar-refractivity contribution is -0.121. The monoisotopic (exact) mass is 435 g/mol. The summed E-state index contributed by atoms with van der Waals surface area (Å²) in [4.78, 5) is 38.6. The van der Waals surface area contributed by atoms with Gasteiger partial charge in [0.2, 0.25) is 5.91 Å². The molecule has 0 unspecified atom stereocenters. The summed E-state index contributed by atoms with van der Waals surface area (Å²) in [5.74, 6) is 0.394. The molecular weight excluding hydrogens is 414 g/mol. The summed E-state index contributed by atoms with van der Waals surface area (Å²) in [5, 5.41) is 4.58. The second-order valence-electron chi connectivity index (χ2n) is 7.01. The fourth-order valence-corrected chi connectivity index (χ4v) is 4.18. The van der Waals surface area contributed by atoms with E-state index in [4.69, 9.17) is 4.74 Å². The predicted octanol–water partition coefficient (Wildman–Crippen LogP) is 2.60. The van der Waals surface area contributed by atoms with Gasteiger partial charge in [0.05, 0.1) is 19.2 Å². The maximum atomic E-state index is 13.2. The molecule has 2 aromatic heterocycles. The third kappa shape index (κ3) is 4.44. The first-order valence-corrected chi connectivity index (χ1v) is 10.6. The summed E-state index contributed by atoms with van der Waals surface area (Å²) in [6.45, 7) is 0.315. The van der Waals surface area contributed by atoms with Crippen molar-refractivity contribution in [2.24, 2.45) is 0 Å². The minimum absolute atomic E-state index is 0.112. The van der Waals surface area contributed by atoms with Crippen LogP contribution in [0.15, 0.2) is 75.6 Å². The summed E-state index contributed by atoms with van der Waals surface area (Å²) in [7, 11) is 1.58. The lowest BCUT2D eigenvalue weighted by atomic mass is 10.2. The highest BCUT2D eigenvalue weighted by atomic mass is 32.1. The molecule has 0 spiro atoms. The highest BCUT2D eigenvalue weighted by molar-refractivity contribution is 7.17. The van der Waals surface area contributed by atoms with Gasteiger partial charge in [-0.1, -0.05) is 42.5 Å². The summed E-state index contributed by atoms with van der Waals surface area (Å²) in [6.07, 6.45) is 0. The predicted molar refractivity (Wildman–Crippen MR) is 121 cm³/mol. The molecule has 0 saturated heterocycles. The zero-order valence-corrected chi connectivity index (χ0v) is 17.7. The van der Waals surface area contributed by atoms with Crippen LogP contribution in [0.1, 0.15) is 11.1 Å². The van der Waals surface area contributed by atoms with Crippen molar-refractivity contribution in [3.8, 4) is 5.75 Å². The molecule has 0 saturated carbocycles. The van der Waals surface area contributed by atoms with E-state index in [-0.39, 0.29) is 24.6 Å². The number of hydrogen-bond donors (Lipinski definition) is 1. The molecule has 8 heteroatoms. The number of hydrogen-bond acceptors (Lipinski definition) is 5. The van der Waals surface area contributed by atoms with Crippen LogP contribution in [0.4, 0.5) is 0 Å². The Morgan fingerprint density at radius 3 is 2.42 bits per heavy atom. The quantitative estimate of drug-likeness (QED) is 0.484. The minimum Gasteiger partial charge on any atom is -0.497 e. The van der Waals surface area contributed by atoms with Crippen molar-refractivity contribution >= 4 is 27.5 Å². The Kier molecular flexibility index (Phi) is 5.99. The maximum Gasteiger partial charge on any atom is 0.332 e. The van der Waals surface area contributed by atoms with Crippen molar-refractivity contribution in [1.29, 1.82) is 0 Å². The van der Waals surface area contributed by atoms with Gasteiger partial charge in [-0.05, 0) is 34.7 Å². The molecule has 158 valence electrons. The number of carbonyl (C=O) groups excluding carboxylic acids is 1. The minimum atomic E-state index is -0.512. The third-order valence-corrected chi connectivity index (χ3v) is 5.86. The van der Waals surface area contributed by atoms with Crippen molar-refractivity contribution in [3.05, 3.63) is 98.0 Å². The average molecular weight is 436 g/mol. The number of nitrogens with zero attached hydrogens (tertiary/aromatic N) is 2. The van der Waals surface area contributed by atoms with Crippen LogP contribution >= 0.6 is 11.3 Å². The smallest absolute Gasteiger partial charge is 0.332 e. The highest BCUT2D eigenvalue weighted by Crippen LogP contribution is 2.16. The van der Waals surface area contributed by atoms with Gasteiger partial charge >= 0.3 is 5.69 Å². The van der Waals surface area contributed by atoms with E-state index >= 15 is 0 Å². The number of fused-ring (bicyclic) bond motifs is 1. The fraction of sp³-hybridized carbons (Fsp3) is 0.174. The molecule has 1 N–H and O–H groups in total. The lowest BCUT2D eigenvalue weighted by Gasteiger charge is -2.13. The molecule has 0 bridgehead atoms. The van der Waals surface area contributed by atoms with Crippen molar-refractivity contribution in [2.45, 2.75) is 19.6 Å². The van der Waals surface area contributed by atoms with Gasteiger partial charge in [-0.3, -0.25) is 18.7 Å². The number of nitrogens with one attached hydrogen (secondary N) is 1. The Labute approximate surface area is 182 Å². The van der Waals surface area contributed by atoms with Crippen LogP contribution in [0, 0.1) is 0 Å². The largest absolute Gasteiger partial charge is 0.497 e. The highest BCUT2D eigenvalue weighted by Gasteiger charge is 2.16. The lowest BCUT2D eigenvalue weighted by Crippen LogP contribution is -2.42. The van der Waals surface area contributed by atoms with Gasteiger partial charge in [0.1, 0.15) is 17.0 Å².